The third kappa shape index (κ3) is 4.83. The molecule has 0 aromatic heterocycles. The molecule has 0 saturated carbocycles. The van der Waals surface area contributed by atoms with Gasteiger partial charge >= 0.3 is 0 Å². The Labute approximate surface area is 119 Å². The van der Waals surface area contributed by atoms with Crippen LogP contribution < -0.4 is 10.6 Å². The first-order valence-electron chi connectivity index (χ1n) is 5.56. The van der Waals surface area contributed by atoms with Gasteiger partial charge in [-0.2, -0.15) is 0 Å². The summed E-state index contributed by atoms with van der Waals surface area (Å²) in [5, 5.41) is 6.22. The number of rotatable bonds is 3. The summed E-state index contributed by atoms with van der Waals surface area (Å²) in [5.74, 6) is 1.98. The average Bonchev–Trinajstić information content (AvgIpc) is 2.85. The molecule has 2 rings (SSSR count). The minimum Gasteiger partial charge on any atom is -0.353 e. The van der Waals surface area contributed by atoms with Gasteiger partial charge in [0.05, 0.1) is 6.04 Å². The molecule has 2 heterocycles. The Morgan fingerprint density at radius 3 is 2.82 bits per heavy atom. The van der Waals surface area contributed by atoms with Crippen LogP contribution in [0.25, 0.3) is 0 Å². The summed E-state index contributed by atoms with van der Waals surface area (Å²) < 4.78 is 0. The van der Waals surface area contributed by atoms with Crippen molar-refractivity contribution in [2.75, 3.05) is 31.8 Å². The van der Waals surface area contributed by atoms with Crippen molar-refractivity contribution in [3.8, 4) is 0 Å². The number of hydrogen-bond donors (Lipinski definition) is 2. The highest BCUT2D eigenvalue weighted by atomic mass is 35.5. The van der Waals surface area contributed by atoms with E-state index >= 15 is 0 Å². The largest absolute Gasteiger partial charge is 0.353 e. The molecule has 2 saturated heterocycles. The Bertz CT molecular complexity index is 240. The van der Waals surface area contributed by atoms with Crippen molar-refractivity contribution in [3.05, 3.63) is 0 Å². The molecule has 7 heteroatoms. The smallest absolute Gasteiger partial charge is 0.238 e. The number of nitrogens with zero attached hydrogens (tertiary/aromatic N) is 1. The lowest BCUT2D eigenvalue weighted by Crippen LogP contribution is -2.46. The van der Waals surface area contributed by atoms with Crippen LogP contribution in [-0.4, -0.2) is 54.7 Å². The fraction of sp³-hybridized carbons (Fsp3) is 0.900. The second kappa shape index (κ2) is 8.43. The van der Waals surface area contributed by atoms with E-state index < -0.39 is 0 Å². The standard InChI is InChI=1S/C10H19N3OS.2ClH/c1-13-4-2-3-8(13)5-11-10(14)9-6-15-7-12-9;;/h8-9,12H,2-7H2,1H3,(H,11,14);2*1H. The Morgan fingerprint density at radius 2 is 2.29 bits per heavy atom. The predicted octanol–water partition coefficient (Wildman–Crippen LogP) is 0.703. The Kier molecular flexibility index (Phi) is 8.59. The summed E-state index contributed by atoms with van der Waals surface area (Å²) in [5.41, 5.74) is 0. The maximum atomic E-state index is 11.7. The summed E-state index contributed by atoms with van der Waals surface area (Å²) >= 11 is 1.79. The highest BCUT2D eigenvalue weighted by Crippen LogP contribution is 2.14. The number of hydrogen-bond acceptors (Lipinski definition) is 4. The van der Waals surface area contributed by atoms with Crippen LogP contribution in [0.5, 0.6) is 0 Å². The Morgan fingerprint density at radius 1 is 1.53 bits per heavy atom. The van der Waals surface area contributed by atoms with Gasteiger partial charge in [-0.05, 0) is 26.4 Å². The van der Waals surface area contributed by atoms with E-state index in [2.05, 4.69) is 22.6 Å². The molecule has 2 N–H and O–H groups in total. The quantitative estimate of drug-likeness (QED) is 0.806. The molecule has 2 aliphatic heterocycles. The SMILES string of the molecule is CN1CCCC1CNC(=O)C1CSCN1.Cl.Cl. The Hall–Kier alpha value is 0.320. The molecule has 0 aliphatic carbocycles. The zero-order valence-electron chi connectivity index (χ0n) is 9.98. The second-order valence-electron chi connectivity index (χ2n) is 4.29. The highest BCUT2D eigenvalue weighted by Gasteiger charge is 2.25. The van der Waals surface area contributed by atoms with Crippen LogP contribution in [0.3, 0.4) is 0 Å². The first-order chi connectivity index (χ1) is 7.27. The van der Waals surface area contributed by atoms with Crippen molar-refractivity contribution in [2.24, 2.45) is 0 Å². The average molecular weight is 302 g/mol. The molecule has 2 atom stereocenters. The van der Waals surface area contributed by atoms with E-state index in [4.69, 9.17) is 0 Å². The number of carbonyl (C=O) groups is 1. The van der Waals surface area contributed by atoms with E-state index in [0.717, 1.165) is 24.7 Å². The van der Waals surface area contributed by atoms with Gasteiger partial charge < -0.3 is 10.2 Å². The van der Waals surface area contributed by atoms with Crippen LogP contribution in [0.1, 0.15) is 12.8 Å². The number of likely N-dealkylation sites (tertiary alicyclic amines) is 1. The monoisotopic (exact) mass is 301 g/mol. The van der Waals surface area contributed by atoms with Crippen LogP contribution in [0.15, 0.2) is 0 Å². The molecule has 2 aliphatic rings. The highest BCUT2D eigenvalue weighted by molar-refractivity contribution is 7.99. The van der Waals surface area contributed by atoms with E-state index in [9.17, 15) is 4.79 Å². The third-order valence-electron chi connectivity index (χ3n) is 3.22. The third-order valence-corrected chi connectivity index (χ3v) is 4.16. The van der Waals surface area contributed by atoms with E-state index in [1.165, 1.54) is 12.8 Å². The van der Waals surface area contributed by atoms with Crippen molar-refractivity contribution in [3.63, 3.8) is 0 Å². The van der Waals surface area contributed by atoms with Gasteiger partial charge in [0.1, 0.15) is 0 Å². The summed E-state index contributed by atoms with van der Waals surface area (Å²) in [6.45, 7) is 1.97. The first-order valence-corrected chi connectivity index (χ1v) is 6.72. The normalized spacial score (nSPS) is 28.3. The lowest BCUT2D eigenvalue weighted by Gasteiger charge is -2.20. The van der Waals surface area contributed by atoms with Crippen LogP contribution in [0.4, 0.5) is 0 Å². The molecule has 4 nitrogen and oxygen atoms in total. The van der Waals surface area contributed by atoms with Crippen molar-refractivity contribution in [1.29, 1.82) is 0 Å². The maximum Gasteiger partial charge on any atom is 0.238 e. The lowest BCUT2D eigenvalue weighted by molar-refractivity contribution is -0.122. The van der Waals surface area contributed by atoms with E-state index in [1.807, 2.05) is 0 Å². The molecule has 0 spiro atoms. The Balaban J connectivity index is 0.00000128. The van der Waals surface area contributed by atoms with Gasteiger partial charge in [0.2, 0.25) is 5.91 Å². The predicted molar refractivity (Wildman–Crippen MR) is 77.4 cm³/mol. The number of halogens is 2. The molecule has 0 aromatic rings. The van der Waals surface area contributed by atoms with Crippen molar-refractivity contribution >= 4 is 42.5 Å². The van der Waals surface area contributed by atoms with Crippen LogP contribution >= 0.6 is 36.6 Å². The minimum atomic E-state index is 0. The van der Waals surface area contributed by atoms with Crippen LogP contribution in [0, 0.1) is 0 Å². The molecule has 0 bridgehead atoms. The molecule has 102 valence electrons. The van der Waals surface area contributed by atoms with Gasteiger partial charge in [-0.1, -0.05) is 0 Å². The van der Waals surface area contributed by atoms with Crippen molar-refractivity contribution in [2.45, 2.75) is 24.9 Å². The number of carbonyl (C=O) groups excluding carboxylic acids is 1. The fourth-order valence-corrected chi connectivity index (χ4v) is 3.08. The first kappa shape index (κ1) is 17.3. The molecule has 17 heavy (non-hydrogen) atoms. The van der Waals surface area contributed by atoms with Crippen LogP contribution in [0.2, 0.25) is 0 Å². The molecule has 2 fully saturated rings. The van der Waals surface area contributed by atoms with E-state index in [0.29, 0.717) is 6.04 Å². The van der Waals surface area contributed by atoms with Gasteiger partial charge in [0.15, 0.2) is 0 Å². The van der Waals surface area contributed by atoms with Gasteiger partial charge in [-0.15, -0.1) is 36.6 Å². The molecule has 2 unspecified atom stereocenters. The lowest BCUT2D eigenvalue weighted by atomic mass is 10.2. The fourth-order valence-electron chi connectivity index (χ4n) is 2.14. The van der Waals surface area contributed by atoms with Crippen molar-refractivity contribution < 1.29 is 4.79 Å². The molecule has 0 aromatic carbocycles. The zero-order chi connectivity index (χ0) is 10.7. The maximum absolute atomic E-state index is 11.7. The zero-order valence-corrected chi connectivity index (χ0v) is 12.4. The van der Waals surface area contributed by atoms with Gasteiger partial charge in [-0.25, -0.2) is 0 Å². The molecule has 1 amide bonds. The topological polar surface area (TPSA) is 44.4 Å². The molecular weight excluding hydrogens is 281 g/mol. The van der Waals surface area contributed by atoms with Crippen LogP contribution in [-0.2, 0) is 4.79 Å². The summed E-state index contributed by atoms with van der Waals surface area (Å²) in [4.78, 5) is 14.0. The number of nitrogens with one attached hydrogen (secondary N) is 2. The number of likely N-dealkylation sites (N-methyl/N-ethyl adjacent to an activating group) is 1. The van der Waals surface area contributed by atoms with Crippen molar-refractivity contribution in [1.82, 2.24) is 15.5 Å². The van der Waals surface area contributed by atoms with E-state index in [-0.39, 0.29) is 36.8 Å². The van der Waals surface area contributed by atoms with Gasteiger partial charge in [0.25, 0.3) is 0 Å². The van der Waals surface area contributed by atoms with E-state index in [1.54, 1.807) is 11.8 Å². The summed E-state index contributed by atoms with van der Waals surface area (Å²) in [6, 6.07) is 0.574. The molecule has 0 radical (unpaired) electrons. The second-order valence-corrected chi connectivity index (χ2v) is 5.32. The number of amides is 1. The number of thioether (sulfide) groups is 1. The van der Waals surface area contributed by atoms with Gasteiger partial charge in [-0.3, -0.25) is 10.1 Å². The summed E-state index contributed by atoms with van der Waals surface area (Å²) in [6.07, 6.45) is 2.47. The van der Waals surface area contributed by atoms with Gasteiger partial charge in [0, 0.05) is 24.2 Å². The molecular formula is C10H21Cl2N3OS. The minimum absolute atomic E-state index is 0. The summed E-state index contributed by atoms with van der Waals surface area (Å²) in [7, 11) is 2.13.